The van der Waals surface area contributed by atoms with Crippen LogP contribution in [-0.4, -0.2) is 9.97 Å². The van der Waals surface area contributed by atoms with Crippen LogP contribution in [0.2, 0.25) is 0 Å². The molecule has 0 fully saturated rings. The van der Waals surface area contributed by atoms with E-state index in [1.807, 2.05) is 19.2 Å². The van der Waals surface area contributed by atoms with E-state index in [0.29, 0.717) is 0 Å². The lowest BCUT2D eigenvalue weighted by Crippen LogP contribution is -2.28. The smallest absolute Gasteiger partial charge is 0.182 e. The highest BCUT2D eigenvalue weighted by atomic mass is 32.1. The maximum absolute atomic E-state index is 14.0. The summed E-state index contributed by atoms with van der Waals surface area (Å²) in [5, 5.41) is 5.54. The summed E-state index contributed by atoms with van der Waals surface area (Å²) in [4.78, 5) is 4.01. The molecule has 0 amide bonds. The number of benzene rings is 1. The zero-order chi connectivity index (χ0) is 14.9. The van der Waals surface area contributed by atoms with Crippen LogP contribution >= 0.6 is 23.6 Å². The van der Waals surface area contributed by atoms with Gasteiger partial charge in [-0.3, -0.25) is 0 Å². The Bertz CT molecular complexity index is 639. The molecule has 0 bridgehead atoms. The fourth-order valence-electron chi connectivity index (χ4n) is 1.76. The molecule has 1 aromatic carbocycles. The molecular formula is C13H13F2N3S2. The third-order valence-corrected chi connectivity index (χ3v) is 4.08. The standard InChI is InChI=1S/C13H13F2N3S2/c1-13(2,12-17-5-6-20-12)18-8-4-3-7(11(16)19)9(14)10(8)15/h3-6,18H,1-2H3,(H2,16,19). The molecule has 0 spiro atoms. The molecule has 1 heterocycles. The number of rotatable bonds is 4. The average Bonchev–Trinajstić information content (AvgIpc) is 2.89. The van der Waals surface area contributed by atoms with Crippen molar-refractivity contribution in [3.8, 4) is 0 Å². The van der Waals surface area contributed by atoms with Crippen LogP contribution < -0.4 is 11.1 Å². The normalized spacial score (nSPS) is 11.4. The van der Waals surface area contributed by atoms with Crippen molar-refractivity contribution in [2.45, 2.75) is 19.4 Å². The van der Waals surface area contributed by atoms with E-state index in [9.17, 15) is 8.78 Å². The average molecular weight is 313 g/mol. The largest absolute Gasteiger partial charge is 0.389 e. The number of halogens is 2. The number of hydrogen-bond acceptors (Lipinski definition) is 4. The van der Waals surface area contributed by atoms with E-state index in [1.165, 1.54) is 23.5 Å². The van der Waals surface area contributed by atoms with Gasteiger partial charge in [-0.15, -0.1) is 11.3 Å². The van der Waals surface area contributed by atoms with Crippen molar-refractivity contribution < 1.29 is 8.78 Å². The molecule has 2 rings (SSSR count). The fourth-order valence-corrected chi connectivity index (χ4v) is 2.63. The van der Waals surface area contributed by atoms with Crippen LogP contribution in [0.1, 0.15) is 24.4 Å². The molecule has 7 heteroatoms. The molecule has 0 unspecified atom stereocenters. The number of anilines is 1. The van der Waals surface area contributed by atoms with Crippen molar-refractivity contribution in [3.63, 3.8) is 0 Å². The van der Waals surface area contributed by atoms with Gasteiger partial charge in [0.2, 0.25) is 0 Å². The first-order valence-electron chi connectivity index (χ1n) is 5.79. The predicted molar refractivity (Wildman–Crippen MR) is 81.0 cm³/mol. The van der Waals surface area contributed by atoms with Crippen LogP contribution in [0.5, 0.6) is 0 Å². The van der Waals surface area contributed by atoms with Gasteiger partial charge in [-0.1, -0.05) is 12.2 Å². The summed E-state index contributed by atoms with van der Waals surface area (Å²) in [6.45, 7) is 3.68. The highest BCUT2D eigenvalue weighted by Gasteiger charge is 2.25. The van der Waals surface area contributed by atoms with E-state index < -0.39 is 17.2 Å². The van der Waals surface area contributed by atoms with Crippen molar-refractivity contribution >= 4 is 34.2 Å². The molecular weight excluding hydrogens is 300 g/mol. The zero-order valence-electron chi connectivity index (χ0n) is 10.9. The van der Waals surface area contributed by atoms with E-state index >= 15 is 0 Å². The molecule has 0 aliphatic heterocycles. The van der Waals surface area contributed by atoms with E-state index in [0.717, 1.165) is 5.01 Å². The van der Waals surface area contributed by atoms with Gasteiger partial charge < -0.3 is 11.1 Å². The highest BCUT2D eigenvalue weighted by Crippen LogP contribution is 2.30. The molecule has 0 saturated carbocycles. The van der Waals surface area contributed by atoms with Gasteiger partial charge >= 0.3 is 0 Å². The summed E-state index contributed by atoms with van der Waals surface area (Å²) < 4.78 is 27.9. The number of hydrogen-bond donors (Lipinski definition) is 2. The number of thiocarbonyl (C=S) groups is 1. The van der Waals surface area contributed by atoms with Gasteiger partial charge in [0.1, 0.15) is 10.00 Å². The summed E-state index contributed by atoms with van der Waals surface area (Å²) in [7, 11) is 0. The minimum Gasteiger partial charge on any atom is -0.389 e. The van der Waals surface area contributed by atoms with Gasteiger partial charge in [0.15, 0.2) is 11.6 Å². The number of nitrogens with two attached hydrogens (primary N) is 1. The van der Waals surface area contributed by atoms with Crippen molar-refractivity contribution in [1.82, 2.24) is 4.98 Å². The summed E-state index contributed by atoms with van der Waals surface area (Å²) >= 11 is 6.11. The van der Waals surface area contributed by atoms with Crippen molar-refractivity contribution in [2.75, 3.05) is 5.32 Å². The molecule has 0 saturated heterocycles. The number of aromatic nitrogens is 1. The molecule has 0 radical (unpaired) electrons. The first kappa shape index (κ1) is 14.8. The predicted octanol–water partition coefficient (Wildman–Crippen LogP) is 3.40. The number of nitrogens with zero attached hydrogens (tertiary/aromatic N) is 1. The van der Waals surface area contributed by atoms with Gasteiger partial charge in [0.05, 0.1) is 11.2 Å². The molecule has 20 heavy (non-hydrogen) atoms. The lowest BCUT2D eigenvalue weighted by molar-refractivity contribution is 0.503. The van der Waals surface area contributed by atoms with Crippen LogP contribution in [0.25, 0.3) is 0 Å². The monoisotopic (exact) mass is 313 g/mol. The quantitative estimate of drug-likeness (QED) is 0.850. The van der Waals surface area contributed by atoms with E-state index in [4.69, 9.17) is 5.73 Å². The van der Waals surface area contributed by atoms with Gasteiger partial charge in [0.25, 0.3) is 0 Å². The summed E-state index contributed by atoms with van der Waals surface area (Å²) in [5.41, 5.74) is 4.66. The lowest BCUT2D eigenvalue weighted by Gasteiger charge is -2.25. The maximum atomic E-state index is 14.0. The van der Waals surface area contributed by atoms with Gasteiger partial charge in [0, 0.05) is 17.1 Å². The zero-order valence-corrected chi connectivity index (χ0v) is 12.5. The van der Waals surface area contributed by atoms with Gasteiger partial charge in [-0.05, 0) is 26.0 Å². The van der Waals surface area contributed by atoms with Crippen LogP contribution in [0.3, 0.4) is 0 Å². The Hall–Kier alpha value is -1.60. The molecule has 0 atom stereocenters. The topological polar surface area (TPSA) is 50.9 Å². The first-order valence-corrected chi connectivity index (χ1v) is 7.07. The number of thiazole rings is 1. The molecule has 2 aromatic rings. The third kappa shape index (κ3) is 2.78. The van der Waals surface area contributed by atoms with E-state index in [2.05, 4.69) is 22.5 Å². The molecule has 0 aliphatic carbocycles. The SMILES string of the molecule is CC(C)(Nc1ccc(C(N)=S)c(F)c1F)c1nccs1. The molecule has 1 aromatic heterocycles. The number of nitrogens with one attached hydrogen (secondary N) is 1. The van der Waals surface area contributed by atoms with Gasteiger partial charge in [-0.25, -0.2) is 13.8 Å². The molecule has 3 nitrogen and oxygen atoms in total. The van der Waals surface area contributed by atoms with E-state index in [1.54, 1.807) is 6.20 Å². The highest BCUT2D eigenvalue weighted by molar-refractivity contribution is 7.80. The van der Waals surface area contributed by atoms with Crippen molar-refractivity contribution in [1.29, 1.82) is 0 Å². The van der Waals surface area contributed by atoms with Crippen LogP contribution in [0, 0.1) is 11.6 Å². The Morgan fingerprint density at radius 3 is 2.60 bits per heavy atom. The Balaban J connectivity index is 2.36. The minimum atomic E-state index is -1.04. The second-order valence-electron chi connectivity index (χ2n) is 4.74. The molecule has 106 valence electrons. The van der Waals surface area contributed by atoms with Crippen LogP contribution in [-0.2, 0) is 5.54 Å². The molecule has 0 aliphatic rings. The Labute approximate surface area is 124 Å². The summed E-state index contributed by atoms with van der Waals surface area (Å²) in [5.74, 6) is -2.04. The van der Waals surface area contributed by atoms with Crippen molar-refractivity contribution in [3.05, 3.63) is 45.9 Å². The van der Waals surface area contributed by atoms with Gasteiger partial charge in [-0.2, -0.15) is 0 Å². The first-order chi connectivity index (χ1) is 9.33. The van der Waals surface area contributed by atoms with E-state index in [-0.39, 0.29) is 16.2 Å². The Kier molecular flexibility index (Phi) is 4.01. The second-order valence-corrected chi connectivity index (χ2v) is 6.07. The van der Waals surface area contributed by atoms with Crippen LogP contribution in [0.15, 0.2) is 23.7 Å². The minimum absolute atomic E-state index is 0.0442. The van der Waals surface area contributed by atoms with Crippen LogP contribution in [0.4, 0.5) is 14.5 Å². The summed E-state index contributed by atoms with van der Waals surface area (Å²) in [6, 6.07) is 2.78. The van der Waals surface area contributed by atoms with Crippen molar-refractivity contribution in [2.24, 2.45) is 5.73 Å². The Morgan fingerprint density at radius 1 is 1.35 bits per heavy atom. The third-order valence-electron chi connectivity index (χ3n) is 2.76. The molecule has 3 N–H and O–H groups in total. The fraction of sp³-hybridized carbons (Fsp3) is 0.231. The Morgan fingerprint density at radius 2 is 2.05 bits per heavy atom. The maximum Gasteiger partial charge on any atom is 0.182 e. The second kappa shape index (κ2) is 5.41. The summed E-state index contributed by atoms with van der Waals surface area (Å²) in [6.07, 6.45) is 1.66. The lowest BCUT2D eigenvalue weighted by atomic mass is 10.1.